The number of aryl methyl sites for hydroxylation is 1. The van der Waals surface area contributed by atoms with Crippen LogP contribution in [0.1, 0.15) is 17.0 Å². The Hall–Kier alpha value is -2.19. The third kappa shape index (κ3) is 3.13. The number of hydrogen-bond acceptors (Lipinski definition) is 4. The summed E-state index contributed by atoms with van der Waals surface area (Å²) < 4.78 is 1.78. The zero-order valence-corrected chi connectivity index (χ0v) is 9.59. The van der Waals surface area contributed by atoms with Gasteiger partial charge < -0.3 is 5.32 Å². The standard InChI is InChI=1S/C12H13N5/c1-17-5-3-11(16-17)9-14-8-10-2-4-15-12(6-10)7-13/h2-6,14H,8-9H2,1H3. The van der Waals surface area contributed by atoms with Crippen molar-refractivity contribution in [2.75, 3.05) is 0 Å². The Morgan fingerprint density at radius 3 is 3.00 bits per heavy atom. The van der Waals surface area contributed by atoms with Crippen molar-refractivity contribution in [3.8, 4) is 6.07 Å². The van der Waals surface area contributed by atoms with Crippen LogP contribution in [-0.4, -0.2) is 14.8 Å². The lowest BCUT2D eigenvalue weighted by Crippen LogP contribution is -2.13. The second-order valence-corrected chi connectivity index (χ2v) is 3.75. The van der Waals surface area contributed by atoms with Crippen LogP contribution in [0.4, 0.5) is 0 Å². The van der Waals surface area contributed by atoms with E-state index < -0.39 is 0 Å². The molecule has 5 heteroatoms. The Labute approximate surface area is 99.7 Å². The van der Waals surface area contributed by atoms with Gasteiger partial charge >= 0.3 is 0 Å². The molecule has 2 aromatic rings. The van der Waals surface area contributed by atoms with Crippen molar-refractivity contribution in [2.45, 2.75) is 13.1 Å². The highest BCUT2D eigenvalue weighted by molar-refractivity contribution is 5.25. The zero-order chi connectivity index (χ0) is 12.1. The minimum absolute atomic E-state index is 0.446. The minimum atomic E-state index is 0.446. The molecule has 0 aromatic carbocycles. The number of pyridine rings is 1. The fraction of sp³-hybridized carbons (Fsp3) is 0.250. The van der Waals surface area contributed by atoms with Gasteiger partial charge in [-0.1, -0.05) is 0 Å². The average Bonchev–Trinajstić information content (AvgIpc) is 2.75. The van der Waals surface area contributed by atoms with Crippen LogP contribution < -0.4 is 5.32 Å². The van der Waals surface area contributed by atoms with Crippen molar-refractivity contribution in [3.05, 3.63) is 47.5 Å². The predicted molar refractivity (Wildman–Crippen MR) is 62.7 cm³/mol. The largest absolute Gasteiger partial charge is 0.307 e. The molecule has 0 aliphatic carbocycles. The summed E-state index contributed by atoms with van der Waals surface area (Å²) >= 11 is 0. The lowest BCUT2D eigenvalue weighted by molar-refractivity contribution is 0.656. The molecule has 0 radical (unpaired) electrons. The number of nitrogens with one attached hydrogen (secondary N) is 1. The Balaban J connectivity index is 1.88. The van der Waals surface area contributed by atoms with Crippen LogP contribution in [0.5, 0.6) is 0 Å². The summed E-state index contributed by atoms with van der Waals surface area (Å²) in [5, 5.41) is 16.3. The highest BCUT2D eigenvalue weighted by Gasteiger charge is 1.98. The van der Waals surface area contributed by atoms with Gasteiger partial charge in [0.25, 0.3) is 0 Å². The van der Waals surface area contributed by atoms with Crippen LogP contribution in [-0.2, 0) is 20.1 Å². The van der Waals surface area contributed by atoms with E-state index in [2.05, 4.69) is 15.4 Å². The second-order valence-electron chi connectivity index (χ2n) is 3.75. The normalized spacial score (nSPS) is 10.1. The van der Waals surface area contributed by atoms with Crippen LogP contribution >= 0.6 is 0 Å². The lowest BCUT2D eigenvalue weighted by atomic mass is 10.2. The summed E-state index contributed by atoms with van der Waals surface area (Å²) in [5.74, 6) is 0. The maximum absolute atomic E-state index is 8.72. The first kappa shape index (κ1) is 11.3. The fourth-order valence-corrected chi connectivity index (χ4v) is 1.54. The summed E-state index contributed by atoms with van der Waals surface area (Å²) in [6.45, 7) is 1.42. The highest BCUT2D eigenvalue weighted by Crippen LogP contribution is 2.01. The molecule has 0 amide bonds. The van der Waals surface area contributed by atoms with Gasteiger partial charge in [0.15, 0.2) is 0 Å². The van der Waals surface area contributed by atoms with E-state index in [1.807, 2.05) is 31.4 Å². The lowest BCUT2D eigenvalue weighted by Gasteiger charge is -2.02. The molecule has 0 aliphatic rings. The van der Waals surface area contributed by atoms with E-state index in [9.17, 15) is 0 Å². The van der Waals surface area contributed by atoms with Gasteiger partial charge in [-0.3, -0.25) is 4.68 Å². The molecule has 17 heavy (non-hydrogen) atoms. The molecule has 2 heterocycles. The Kier molecular flexibility index (Phi) is 3.48. The van der Waals surface area contributed by atoms with Gasteiger partial charge in [0.05, 0.1) is 5.69 Å². The van der Waals surface area contributed by atoms with E-state index in [1.54, 1.807) is 16.9 Å². The molecule has 2 rings (SSSR count). The third-order valence-electron chi connectivity index (χ3n) is 2.34. The molecule has 0 spiro atoms. The topological polar surface area (TPSA) is 66.5 Å². The van der Waals surface area contributed by atoms with Crippen molar-refractivity contribution in [3.63, 3.8) is 0 Å². The summed E-state index contributed by atoms with van der Waals surface area (Å²) in [5.41, 5.74) is 2.50. The van der Waals surface area contributed by atoms with Gasteiger partial charge in [-0.2, -0.15) is 10.4 Å². The van der Waals surface area contributed by atoms with Crippen molar-refractivity contribution >= 4 is 0 Å². The van der Waals surface area contributed by atoms with Gasteiger partial charge in [-0.15, -0.1) is 0 Å². The SMILES string of the molecule is Cn1ccc(CNCc2ccnc(C#N)c2)n1. The maximum Gasteiger partial charge on any atom is 0.140 e. The van der Waals surface area contributed by atoms with Gasteiger partial charge in [-0.05, 0) is 23.8 Å². The molecule has 0 atom stereocenters. The maximum atomic E-state index is 8.72. The van der Waals surface area contributed by atoms with Crippen molar-refractivity contribution in [1.29, 1.82) is 5.26 Å². The van der Waals surface area contributed by atoms with Gasteiger partial charge in [0, 0.05) is 32.5 Å². The van der Waals surface area contributed by atoms with Gasteiger partial charge in [0.2, 0.25) is 0 Å². The molecule has 0 fully saturated rings. The molecule has 0 saturated carbocycles. The zero-order valence-electron chi connectivity index (χ0n) is 9.59. The number of nitriles is 1. The number of hydrogen-bond donors (Lipinski definition) is 1. The number of aromatic nitrogens is 3. The quantitative estimate of drug-likeness (QED) is 0.845. The van der Waals surface area contributed by atoms with Crippen LogP contribution in [0, 0.1) is 11.3 Å². The first-order valence-electron chi connectivity index (χ1n) is 5.32. The first-order valence-corrected chi connectivity index (χ1v) is 5.32. The van der Waals surface area contributed by atoms with Crippen LogP contribution in [0.25, 0.3) is 0 Å². The van der Waals surface area contributed by atoms with E-state index in [0.717, 1.165) is 11.3 Å². The molecule has 86 valence electrons. The molecule has 0 unspecified atom stereocenters. The number of nitrogens with zero attached hydrogens (tertiary/aromatic N) is 4. The second kappa shape index (κ2) is 5.23. The Morgan fingerprint density at radius 2 is 2.29 bits per heavy atom. The van der Waals surface area contributed by atoms with Crippen LogP contribution in [0.15, 0.2) is 30.6 Å². The molecule has 1 N–H and O–H groups in total. The van der Waals surface area contributed by atoms with Crippen molar-refractivity contribution < 1.29 is 0 Å². The van der Waals surface area contributed by atoms with E-state index in [-0.39, 0.29) is 0 Å². The van der Waals surface area contributed by atoms with Crippen molar-refractivity contribution in [2.24, 2.45) is 7.05 Å². The van der Waals surface area contributed by atoms with Crippen LogP contribution in [0.3, 0.4) is 0 Å². The summed E-state index contributed by atoms with van der Waals surface area (Å²) in [4.78, 5) is 3.92. The average molecular weight is 227 g/mol. The monoisotopic (exact) mass is 227 g/mol. The summed E-state index contributed by atoms with van der Waals surface area (Å²) in [7, 11) is 1.89. The highest BCUT2D eigenvalue weighted by atomic mass is 15.3. The Morgan fingerprint density at radius 1 is 1.41 bits per heavy atom. The molecular formula is C12H13N5. The number of rotatable bonds is 4. The fourth-order valence-electron chi connectivity index (χ4n) is 1.54. The van der Waals surface area contributed by atoms with Gasteiger partial charge in [0.1, 0.15) is 11.8 Å². The van der Waals surface area contributed by atoms with E-state index in [1.165, 1.54) is 0 Å². The third-order valence-corrected chi connectivity index (χ3v) is 2.34. The van der Waals surface area contributed by atoms with E-state index >= 15 is 0 Å². The summed E-state index contributed by atoms with van der Waals surface area (Å²) in [6, 6.07) is 7.67. The Bertz CT molecular complexity index is 538. The first-order chi connectivity index (χ1) is 8.28. The molecule has 0 aliphatic heterocycles. The molecule has 0 saturated heterocycles. The molecule has 0 bridgehead atoms. The van der Waals surface area contributed by atoms with Crippen LogP contribution in [0.2, 0.25) is 0 Å². The van der Waals surface area contributed by atoms with E-state index in [0.29, 0.717) is 18.8 Å². The van der Waals surface area contributed by atoms with Crippen molar-refractivity contribution in [1.82, 2.24) is 20.1 Å². The van der Waals surface area contributed by atoms with E-state index in [4.69, 9.17) is 5.26 Å². The predicted octanol–water partition coefficient (Wildman–Crippen LogP) is 0.977. The minimum Gasteiger partial charge on any atom is -0.307 e. The van der Waals surface area contributed by atoms with Gasteiger partial charge in [-0.25, -0.2) is 4.98 Å². The molecule has 5 nitrogen and oxygen atoms in total. The molecule has 2 aromatic heterocycles. The molecular weight excluding hydrogens is 214 g/mol. The summed E-state index contributed by atoms with van der Waals surface area (Å²) in [6.07, 6.45) is 3.56. The smallest absolute Gasteiger partial charge is 0.140 e.